The van der Waals surface area contributed by atoms with Crippen LogP contribution in [-0.4, -0.2) is 56.1 Å². The van der Waals surface area contributed by atoms with E-state index in [-0.39, 0.29) is 30.4 Å². The Hall–Kier alpha value is -4.25. The lowest BCUT2D eigenvalue weighted by Crippen LogP contribution is -2.68. The van der Waals surface area contributed by atoms with Crippen molar-refractivity contribution in [2.45, 2.75) is 32.2 Å². The topological polar surface area (TPSA) is 165 Å². The highest BCUT2D eigenvalue weighted by atomic mass is 31.2. The maximum Gasteiger partial charge on any atom is 0.435 e. The van der Waals surface area contributed by atoms with Gasteiger partial charge in [0.05, 0.1) is 12.2 Å². The number of ether oxygens (including phenoxy) is 2. The lowest BCUT2D eigenvalue weighted by Gasteiger charge is -2.45. The zero-order valence-corrected chi connectivity index (χ0v) is 21.7. The number of nitrogens with zero attached hydrogens (tertiary/aromatic N) is 2. The molecule has 2 heterocycles. The summed E-state index contributed by atoms with van der Waals surface area (Å²) in [5.41, 5.74) is 1.68. The van der Waals surface area contributed by atoms with Crippen LogP contribution in [0, 0.1) is 0 Å². The van der Waals surface area contributed by atoms with Crippen molar-refractivity contribution < 1.29 is 42.9 Å². The minimum Gasteiger partial charge on any atom is -0.485 e. The lowest BCUT2D eigenvalue weighted by molar-refractivity contribution is -0.142. The molecular weight excluding hydrogens is 529 g/mol. The normalized spacial score (nSPS) is 18.0. The molecule has 0 spiro atoms. The molecule has 1 unspecified atom stereocenters. The van der Waals surface area contributed by atoms with E-state index in [0.29, 0.717) is 4.67 Å². The molecule has 0 bridgehead atoms. The number of hydrogen-bond donors (Lipinski definition) is 3. The molecule has 39 heavy (non-hydrogen) atoms. The van der Waals surface area contributed by atoms with Crippen molar-refractivity contribution in [1.29, 1.82) is 0 Å². The Morgan fingerprint density at radius 3 is 2.10 bits per heavy atom. The summed E-state index contributed by atoms with van der Waals surface area (Å²) in [5, 5.41) is 10.8. The van der Waals surface area contributed by atoms with Gasteiger partial charge in [-0.1, -0.05) is 60.7 Å². The molecular formula is C26H26N3O9P. The standard InChI is InChI=1S/C26H26N3O9P/c1-17-24(28-26(32)33)25(31)29(17)39(34,35)38-16-21(30)20-12-22(36-14-18-8-4-2-5-9-18)23(13-27-20)37-15-19-10-6-3-7-11-19/h2-13,17,24,28H,14-16H2,1H3,(H,32,33)(H,34,35)/t17-,24-/m0/s1. The zero-order valence-electron chi connectivity index (χ0n) is 20.8. The Labute approximate surface area is 223 Å². The van der Waals surface area contributed by atoms with Gasteiger partial charge in [-0.3, -0.25) is 14.1 Å². The van der Waals surface area contributed by atoms with Gasteiger partial charge in [0.1, 0.15) is 31.6 Å². The highest BCUT2D eigenvalue weighted by Crippen LogP contribution is 2.52. The first-order valence-electron chi connectivity index (χ1n) is 11.8. The third kappa shape index (κ3) is 6.80. The van der Waals surface area contributed by atoms with Gasteiger partial charge in [-0.25, -0.2) is 19.0 Å². The SMILES string of the molecule is C[C@H]1[C@H](NC(=O)O)C(=O)N1P(=O)(O)OCC(=O)c1cc(OCc2ccccc2)c(OCc2ccccc2)cn1. The molecule has 3 aromatic rings. The molecule has 204 valence electrons. The number of β-lactam (4-membered cyclic amide) rings is 1. The fraction of sp³-hybridized carbons (Fsp3) is 0.231. The first-order valence-corrected chi connectivity index (χ1v) is 13.4. The molecule has 0 radical (unpaired) electrons. The van der Waals surface area contributed by atoms with E-state index in [0.717, 1.165) is 11.1 Å². The summed E-state index contributed by atoms with van der Waals surface area (Å²) in [7, 11) is -4.74. The van der Waals surface area contributed by atoms with Crippen molar-refractivity contribution in [3.63, 3.8) is 0 Å². The second-order valence-electron chi connectivity index (χ2n) is 8.60. The molecule has 12 nitrogen and oxygen atoms in total. The second kappa shape index (κ2) is 12.1. The Morgan fingerprint density at radius 2 is 1.56 bits per heavy atom. The second-order valence-corrected chi connectivity index (χ2v) is 10.3. The predicted molar refractivity (Wildman–Crippen MR) is 137 cm³/mol. The third-order valence-corrected chi connectivity index (χ3v) is 7.44. The first kappa shape index (κ1) is 27.8. The highest BCUT2D eigenvalue weighted by Gasteiger charge is 2.54. The van der Waals surface area contributed by atoms with Gasteiger partial charge in [0.25, 0.3) is 5.91 Å². The van der Waals surface area contributed by atoms with Gasteiger partial charge in [0.15, 0.2) is 11.5 Å². The number of carbonyl (C=O) groups excluding carboxylic acids is 2. The molecule has 2 amide bonds. The monoisotopic (exact) mass is 555 g/mol. The summed E-state index contributed by atoms with van der Waals surface area (Å²) < 4.78 is 29.9. The van der Waals surface area contributed by atoms with E-state index in [9.17, 15) is 23.8 Å². The summed E-state index contributed by atoms with van der Waals surface area (Å²) in [6.07, 6.45) is -0.130. The van der Waals surface area contributed by atoms with Crippen LogP contribution in [0.15, 0.2) is 72.9 Å². The largest absolute Gasteiger partial charge is 0.485 e. The average molecular weight is 555 g/mol. The number of carboxylic acid groups (broad SMARTS) is 1. The number of benzene rings is 2. The lowest BCUT2D eigenvalue weighted by atomic mass is 10.0. The number of amides is 2. The van der Waals surface area contributed by atoms with Crippen LogP contribution >= 0.6 is 7.75 Å². The van der Waals surface area contributed by atoms with Crippen molar-refractivity contribution >= 4 is 25.5 Å². The van der Waals surface area contributed by atoms with Gasteiger partial charge in [-0.2, -0.15) is 0 Å². The van der Waals surface area contributed by atoms with Crippen LogP contribution in [0.3, 0.4) is 0 Å². The van der Waals surface area contributed by atoms with Gasteiger partial charge in [-0.15, -0.1) is 0 Å². The predicted octanol–water partition coefficient (Wildman–Crippen LogP) is 3.41. The van der Waals surface area contributed by atoms with Gasteiger partial charge < -0.3 is 24.8 Å². The zero-order chi connectivity index (χ0) is 28.0. The van der Waals surface area contributed by atoms with Gasteiger partial charge in [0.2, 0.25) is 5.78 Å². The fourth-order valence-corrected chi connectivity index (χ4v) is 5.20. The third-order valence-electron chi connectivity index (χ3n) is 5.87. The maximum absolute atomic E-state index is 12.8. The Morgan fingerprint density at radius 1 is 1.00 bits per heavy atom. The molecule has 3 N–H and O–H groups in total. The van der Waals surface area contributed by atoms with Crippen LogP contribution in [-0.2, 0) is 27.1 Å². The molecule has 0 saturated carbocycles. The molecule has 0 aliphatic carbocycles. The van der Waals surface area contributed by atoms with Crippen LogP contribution in [0.1, 0.15) is 28.5 Å². The number of pyridine rings is 1. The van der Waals surface area contributed by atoms with E-state index in [1.807, 2.05) is 66.0 Å². The molecule has 2 aromatic carbocycles. The molecule has 4 rings (SSSR count). The summed E-state index contributed by atoms with van der Waals surface area (Å²) >= 11 is 0. The summed E-state index contributed by atoms with van der Waals surface area (Å²) in [6.45, 7) is 0.926. The number of ketones is 1. The Balaban J connectivity index is 1.45. The van der Waals surface area contributed by atoms with Gasteiger partial charge >= 0.3 is 13.8 Å². The number of aromatic nitrogens is 1. The van der Waals surface area contributed by atoms with E-state index in [4.69, 9.17) is 19.1 Å². The van der Waals surface area contributed by atoms with Crippen molar-refractivity contribution in [2.24, 2.45) is 0 Å². The van der Waals surface area contributed by atoms with E-state index >= 15 is 0 Å². The van der Waals surface area contributed by atoms with Gasteiger partial charge in [-0.05, 0) is 18.1 Å². The maximum atomic E-state index is 12.8. The number of nitrogens with one attached hydrogen (secondary N) is 1. The summed E-state index contributed by atoms with van der Waals surface area (Å²) in [4.78, 5) is 50.1. The fourth-order valence-electron chi connectivity index (χ4n) is 3.83. The van der Waals surface area contributed by atoms with Crippen molar-refractivity contribution in [3.8, 4) is 11.5 Å². The van der Waals surface area contributed by atoms with Crippen LogP contribution < -0.4 is 14.8 Å². The van der Waals surface area contributed by atoms with Crippen molar-refractivity contribution in [1.82, 2.24) is 15.0 Å². The average Bonchev–Trinajstić information content (AvgIpc) is 2.93. The molecule has 1 fully saturated rings. The van der Waals surface area contributed by atoms with E-state index in [1.165, 1.54) is 19.2 Å². The minimum atomic E-state index is -4.74. The highest BCUT2D eigenvalue weighted by molar-refractivity contribution is 7.51. The molecule has 1 aliphatic heterocycles. The summed E-state index contributed by atoms with van der Waals surface area (Å²) in [5.74, 6) is -1.16. The molecule has 1 saturated heterocycles. The number of hydrogen-bond acceptors (Lipinski definition) is 8. The minimum absolute atomic E-state index is 0.112. The van der Waals surface area contributed by atoms with Crippen molar-refractivity contribution in [2.75, 3.05) is 6.61 Å². The quantitative estimate of drug-likeness (QED) is 0.171. The summed E-state index contributed by atoms with van der Waals surface area (Å²) in [6, 6.07) is 18.0. The molecule has 3 atom stereocenters. The number of carbonyl (C=O) groups is 3. The van der Waals surface area contributed by atoms with E-state index in [2.05, 4.69) is 4.98 Å². The molecule has 1 aromatic heterocycles. The van der Waals surface area contributed by atoms with Crippen LogP contribution in [0.5, 0.6) is 11.5 Å². The Bertz CT molecular complexity index is 1390. The van der Waals surface area contributed by atoms with Crippen LogP contribution in [0.25, 0.3) is 0 Å². The number of Topliss-reactive ketones (excluding diaryl/α,β-unsaturated/α-hetero) is 1. The van der Waals surface area contributed by atoms with Crippen molar-refractivity contribution in [3.05, 3.63) is 89.7 Å². The van der Waals surface area contributed by atoms with Crippen LogP contribution in [0.2, 0.25) is 0 Å². The van der Waals surface area contributed by atoms with E-state index in [1.54, 1.807) is 0 Å². The van der Waals surface area contributed by atoms with Crippen LogP contribution in [0.4, 0.5) is 4.79 Å². The first-order chi connectivity index (χ1) is 18.7. The molecule has 13 heteroatoms. The Kier molecular flexibility index (Phi) is 8.60. The smallest absolute Gasteiger partial charge is 0.435 e. The number of rotatable bonds is 12. The van der Waals surface area contributed by atoms with E-state index < -0.39 is 44.2 Å². The molecule has 1 aliphatic rings. The van der Waals surface area contributed by atoms with Gasteiger partial charge in [0, 0.05) is 6.07 Å².